The van der Waals surface area contributed by atoms with Gasteiger partial charge in [-0.3, -0.25) is 4.79 Å². The summed E-state index contributed by atoms with van der Waals surface area (Å²) in [6, 6.07) is 17.5. The minimum Gasteiger partial charge on any atom is -0.371 e. The summed E-state index contributed by atoms with van der Waals surface area (Å²) in [6.45, 7) is 6.56. The van der Waals surface area contributed by atoms with Gasteiger partial charge in [-0.05, 0) is 47.1 Å². The molecule has 0 aromatic heterocycles. The highest BCUT2D eigenvalue weighted by Gasteiger charge is 2.51. The minimum atomic E-state index is -0.0125. The normalized spacial score (nSPS) is 29.4. The Hall–Kier alpha value is -1.95. The molecule has 3 N–H and O–H groups in total. The van der Waals surface area contributed by atoms with Gasteiger partial charge in [0.1, 0.15) is 0 Å². The first-order valence-electron chi connectivity index (χ1n) is 11.2. The standard InChI is InChI=1S/C26H30BrN3O/c1-4-15-5-7-17(8-6-15)24-23-21(16-9-11-18(27)12-10-16)22-19(28-25(23)30-29-24)13-26(2,3)14-20(22)31/h5-12,21,23-25,28-30H,4,13-14H2,1-3H3. The molecule has 2 aromatic rings. The molecule has 0 bridgehead atoms. The van der Waals surface area contributed by atoms with Gasteiger partial charge in [-0.25, -0.2) is 10.9 Å². The molecule has 2 aliphatic heterocycles. The molecule has 1 aliphatic carbocycles. The van der Waals surface area contributed by atoms with E-state index in [1.165, 1.54) is 16.7 Å². The summed E-state index contributed by atoms with van der Waals surface area (Å²) in [6.07, 6.45) is 2.62. The maximum atomic E-state index is 13.5. The molecule has 1 fully saturated rings. The van der Waals surface area contributed by atoms with Crippen LogP contribution in [-0.4, -0.2) is 11.9 Å². The molecule has 5 heteroatoms. The monoisotopic (exact) mass is 479 g/mol. The number of carbonyl (C=O) groups is 1. The molecular weight excluding hydrogens is 450 g/mol. The average molecular weight is 480 g/mol. The zero-order valence-electron chi connectivity index (χ0n) is 18.3. The molecule has 0 amide bonds. The van der Waals surface area contributed by atoms with Crippen molar-refractivity contribution >= 4 is 21.7 Å². The van der Waals surface area contributed by atoms with Crippen LogP contribution in [0.1, 0.15) is 62.3 Å². The van der Waals surface area contributed by atoms with Gasteiger partial charge < -0.3 is 5.32 Å². The SMILES string of the molecule is CCc1ccc(C2NNC3NC4=C(C(=O)CC(C)(C)C4)C(c4ccc(Br)cc4)C32)cc1. The van der Waals surface area contributed by atoms with Crippen LogP contribution in [0.25, 0.3) is 0 Å². The predicted molar refractivity (Wildman–Crippen MR) is 127 cm³/mol. The molecule has 31 heavy (non-hydrogen) atoms. The summed E-state index contributed by atoms with van der Waals surface area (Å²) in [5.41, 5.74) is 13.0. The highest BCUT2D eigenvalue weighted by atomic mass is 79.9. The van der Waals surface area contributed by atoms with Gasteiger partial charge in [0.15, 0.2) is 5.78 Å². The second kappa shape index (κ2) is 7.88. The van der Waals surface area contributed by atoms with Crippen molar-refractivity contribution in [3.8, 4) is 0 Å². The summed E-state index contributed by atoms with van der Waals surface area (Å²) in [5.74, 6) is 0.533. The fraction of sp³-hybridized carbons (Fsp3) is 0.423. The number of benzene rings is 2. The Kier molecular flexibility index (Phi) is 5.32. The van der Waals surface area contributed by atoms with E-state index in [1.54, 1.807) is 0 Å². The van der Waals surface area contributed by atoms with E-state index in [-0.39, 0.29) is 35.2 Å². The Bertz CT molecular complexity index is 1030. The molecular formula is C26H30BrN3O. The quantitative estimate of drug-likeness (QED) is 0.570. The summed E-state index contributed by atoms with van der Waals surface area (Å²) >= 11 is 3.57. The second-order valence-electron chi connectivity index (χ2n) is 9.92. The molecule has 2 heterocycles. The molecule has 162 valence electrons. The highest BCUT2D eigenvalue weighted by Crippen LogP contribution is 2.51. The van der Waals surface area contributed by atoms with Crippen molar-refractivity contribution in [3.05, 3.63) is 81.0 Å². The zero-order chi connectivity index (χ0) is 21.8. The molecule has 4 unspecified atom stereocenters. The molecule has 3 aliphatic rings. The lowest BCUT2D eigenvalue weighted by Gasteiger charge is -2.44. The van der Waals surface area contributed by atoms with Crippen LogP contribution in [0.5, 0.6) is 0 Å². The van der Waals surface area contributed by atoms with Gasteiger partial charge >= 0.3 is 0 Å². The number of hydrogen-bond donors (Lipinski definition) is 3. The van der Waals surface area contributed by atoms with E-state index in [1.807, 2.05) is 0 Å². The maximum Gasteiger partial charge on any atom is 0.161 e. The Balaban J connectivity index is 1.61. The lowest BCUT2D eigenvalue weighted by atomic mass is 9.65. The number of fused-ring (bicyclic) bond motifs is 1. The number of hydrogen-bond acceptors (Lipinski definition) is 4. The van der Waals surface area contributed by atoms with E-state index in [0.717, 1.165) is 28.6 Å². The van der Waals surface area contributed by atoms with Gasteiger partial charge in [-0.2, -0.15) is 0 Å². The smallest absolute Gasteiger partial charge is 0.161 e. The van der Waals surface area contributed by atoms with Crippen molar-refractivity contribution in [2.75, 3.05) is 0 Å². The van der Waals surface area contributed by atoms with E-state index in [4.69, 9.17) is 0 Å². The van der Waals surface area contributed by atoms with Crippen LogP contribution < -0.4 is 16.2 Å². The van der Waals surface area contributed by atoms with Gasteiger partial charge in [0.2, 0.25) is 0 Å². The molecule has 0 saturated carbocycles. The molecule has 5 rings (SSSR count). The Labute approximate surface area is 193 Å². The van der Waals surface area contributed by atoms with Crippen molar-refractivity contribution in [1.82, 2.24) is 16.2 Å². The first kappa shape index (κ1) is 20.9. The van der Waals surface area contributed by atoms with E-state index in [2.05, 4.69) is 101 Å². The largest absolute Gasteiger partial charge is 0.371 e. The van der Waals surface area contributed by atoms with E-state index < -0.39 is 0 Å². The highest BCUT2D eigenvalue weighted by molar-refractivity contribution is 9.10. The number of allylic oxidation sites excluding steroid dienone is 2. The number of hydrazine groups is 1. The van der Waals surface area contributed by atoms with Crippen LogP contribution in [0.4, 0.5) is 0 Å². The molecule has 0 spiro atoms. The van der Waals surface area contributed by atoms with Crippen LogP contribution in [0.15, 0.2) is 64.3 Å². The zero-order valence-corrected chi connectivity index (χ0v) is 19.9. The summed E-state index contributed by atoms with van der Waals surface area (Å²) in [7, 11) is 0. The van der Waals surface area contributed by atoms with Gasteiger partial charge in [0.25, 0.3) is 0 Å². The van der Waals surface area contributed by atoms with Gasteiger partial charge in [0, 0.05) is 34.0 Å². The predicted octanol–water partition coefficient (Wildman–Crippen LogP) is 5.13. The lowest BCUT2D eigenvalue weighted by molar-refractivity contribution is -0.118. The van der Waals surface area contributed by atoms with Crippen molar-refractivity contribution in [2.24, 2.45) is 11.3 Å². The number of Topliss-reactive ketones (excluding diaryl/α,β-unsaturated/α-hetero) is 1. The molecule has 4 nitrogen and oxygen atoms in total. The Morgan fingerprint density at radius 2 is 1.65 bits per heavy atom. The van der Waals surface area contributed by atoms with Gasteiger partial charge in [-0.1, -0.05) is 73.1 Å². The maximum absolute atomic E-state index is 13.5. The number of halogens is 1. The first-order valence-corrected chi connectivity index (χ1v) is 12.0. The summed E-state index contributed by atoms with van der Waals surface area (Å²) < 4.78 is 1.06. The fourth-order valence-electron chi connectivity index (χ4n) is 5.61. The molecule has 1 saturated heterocycles. The third-order valence-corrected chi connectivity index (χ3v) is 7.61. The number of carbonyl (C=O) groups excluding carboxylic acids is 1. The fourth-order valence-corrected chi connectivity index (χ4v) is 5.88. The van der Waals surface area contributed by atoms with Crippen molar-refractivity contribution < 1.29 is 4.79 Å². The van der Waals surface area contributed by atoms with Crippen LogP contribution in [0.2, 0.25) is 0 Å². The number of ketones is 1. The van der Waals surface area contributed by atoms with Crippen LogP contribution in [0, 0.1) is 11.3 Å². The number of nitrogens with one attached hydrogen (secondary N) is 3. The third kappa shape index (κ3) is 3.77. The lowest BCUT2D eigenvalue weighted by Crippen LogP contribution is -2.51. The second-order valence-corrected chi connectivity index (χ2v) is 10.8. The number of rotatable bonds is 3. The van der Waals surface area contributed by atoms with Gasteiger partial charge in [0.05, 0.1) is 12.2 Å². The van der Waals surface area contributed by atoms with Crippen LogP contribution in [0.3, 0.4) is 0 Å². The molecule has 4 atom stereocenters. The van der Waals surface area contributed by atoms with E-state index in [9.17, 15) is 4.79 Å². The van der Waals surface area contributed by atoms with Crippen LogP contribution in [-0.2, 0) is 11.2 Å². The minimum absolute atomic E-state index is 0.0125. The van der Waals surface area contributed by atoms with Crippen molar-refractivity contribution in [1.29, 1.82) is 0 Å². The topological polar surface area (TPSA) is 53.2 Å². The summed E-state index contributed by atoms with van der Waals surface area (Å²) in [4.78, 5) is 13.5. The number of aryl methyl sites for hydroxylation is 1. The van der Waals surface area contributed by atoms with Crippen molar-refractivity contribution in [3.63, 3.8) is 0 Å². The Morgan fingerprint density at radius 1 is 0.968 bits per heavy atom. The Morgan fingerprint density at radius 3 is 2.32 bits per heavy atom. The summed E-state index contributed by atoms with van der Waals surface area (Å²) in [5, 5.41) is 3.71. The molecule has 2 aromatic carbocycles. The van der Waals surface area contributed by atoms with Gasteiger partial charge in [-0.15, -0.1) is 0 Å². The van der Waals surface area contributed by atoms with Crippen molar-refractivity contribution in [2.45, 2.75) is 58.2 Å². The van der Waals surface area contributed by atoms with E-state index >= 15 is 0 Å². The van der Waals surface area contributed by atoms with E-state index in [0.29, 0.717) is 6.42 Å². The third-order valence-electron chi connectivity index (χ3n) is 7.09. The molecule has 0 radical (unpaired) electrons. The first-order chi connectivity index (χ1) is 14.9. The average Bonchev–Trinajstić information content (AvgIpc) is 3.15. The van der Waals surface area contributed by atoms with Crippen LogP contribution >= 0.6 is 15.9 Å².